The lowest BCUT2D eigenvalue weighted by Gasteiger charge is -2.22. The molecule has 0 spiro atoms. The number of benzene rings is 3. The van der Waals surface area contributed by atoms with Gasteiger partial charge >= 0.3 is 6.36 Å². The second-order valence-corrected chi connectivity index (χ2v) is 9.57. The van der Waals surface area contributed by atoms with E-state index in [1.54, 1.807) is 12.1 Å². The SMILES string of the molecule is FC(F)(F)Oc1ccc([S+](c2ccccc2)c2ccc(C3CCCCC3)cc2)cc1. The van der Waals surface area contributed by atoms with Crippen molar-refractivity contribution in [3.8, 4) is 5.75 Å². The Kier molecular flexibility index (Phi) is 6.38. The van der Waals surface area contributed by atoms with E-state index in [2.05, 4.69) is 41.1 Å². The second-order valence-electron chi connectivity index (χ2n) is 7.54. The molecule has 0 amide bonds. The second kappa shape index (κ2) is 9.17. The van der Waals surface area contributed by atoms with Gasteiger partial charge in [0.25, 0.3) is 0 Å². The van der Waals surface area contributed by atoms with E-state index in [-0.39, 0.29) is 5.75 Å². The van der Waals surface area contributed by atoms with E-state index in [0.29, 0.717) is 5.92 Å². The highest BCUT2D eigenvalue weighted by molar-refractivity contribution is 7.97. The van der Waals surface area contributed by atoms with Crippen LogP contribution in [0.4, 0.5) is 13.2 Å². The van der Waals surface area contributed by atoms with Crippen molar-refractivity contribution in [1.82, 2.24) is 0 Å². The smallest absolute Gasteiger partial charge is 0.406 e. The zero-order valence-electron chi connectivity index (χ0n) is 16.6. The van der Waals surface area contributed by atoms with Gasteiger partial charge in [0.1, 0.15) is 5.75 Å². The third-order valence-electron chi connectivity index (χ3n) is 5.46. The molecule has 1 atom stereocenters. The molecule has 3 aromatic carbocycles. The lowest BCUT2D eigenvalue weighted by molar-refractivity contribution is -0.274. The Hall–Kier alpha value is -2.40. The summed E-state index contributed by atoms with van der Waals surface area (Å²) in [4.78, 5) is 3.25. The maximum absolute atomic E-state index is 12.5. The molecular formula is C25H24F3OS+. The summed E-state index contributed by atoms with van der Waals surface area (Å²) in [5.74, 6) is 0.445. The summed E-state index contributed by atoms with van der Waals surface area (Å²) in [6, 6.07) is 25.2. The standard InChI is InChI=1S/C25H24F3OS/c26-25(27,28)29-21-13-17-24(18-14-21)30(22-9-5-2-6-10-22)23-15-11-20(12-16-23)19-7-3-1-4-8-19/h2,5-6,9-19H,1,3-4,7-8H2/q+1. The summed E-state index contributed by atoms with van der Waals surface area (Å²) < 4.78 is 41.5. The number of halogens is 3. The first-order valence-electron chi connectivity index (χ1n) is 10.2. The Balaban J connectivity index is 1.64. The van der Waals surface area contributed by atoms with Crippen LogP contribution in [-0.4, -0.2) is 6.36 Å². The summed E-state index contributed by atoms with van der Waals surface area (Å²) >= 11 is 0. The van der Waals surface area contributed by atoms with E-state index in [1.807, 2.05) is 18.2 Å². The highest BCUT2D eigenvalue weighted by atomic mass is 32.2. The van der Waals surface area contributed by atoms with Gasteiger partial charge in [0.15, 0.2) is 14.7 Å². The van der Waals surface area contributed by atoms with Crippen molar-refractivity contribution >= 4 is 10.9 Å². The number of alkyl halides is 3. The molecule has 0 N–H and O–H groups in total. The Morgan fingerprint density at radius 1 is 0.667 bits per heavy atom. The summed E-state index contributed by atoms with van der Waals surface area (Å²) in [6.07, 6.45) is 1.76. The lowest BCUT2D eigenvalue weighted by atomic mass is 9.84. The van der Waals surface area contributed by atoms with Crippen molar-refractivity contribution in [2.75, 3.05) is 0 Å². The molecule has 0 bridgehead atoms. The van der Waals surface area contributed by atoms with Crippen LogP contribution >= 0.6 is 0 Å². The van der Waals surface area contributed by atoms with Crippen LogP contribution in [0.2, 0.25) is 0 Å². The van der Waals surface area contributed by atoms with E-state index in [4.69, 9.17) is 0 Å². The third kappa shape index (κ3) is 5.20. The zero-order chi connectivity index (χ0) is 21.0. The summed E-state index contributed by atoms with van der Waals surface area (Å²) in [7, 11) is -0.396. The van der Waals surface area contributed by atoms with Gasteiger partial charge in [-0.2, -0.15) is 0 Å². The molecule has 1 aliphatic carbocycles. The molecule has 1 aliphatic rings. The van der Waals surface area contributed by atoms with Crippen molar-refractivity contribution in [1.29, 1.82) is 0 Å². The molecule has 0 radical (unpaired) electrons. The van der Waals surface area contributed by atoms with E-state index < -0.39 is 17.3 Å². The van der Waals surface area contributed by atoms with Crippen LogP contribution in [0.25, 0.3) is 0 Å². The molecule has 30 heavy (non-hydrogen) atoms. The molecule has 3 aromatic rings. The Bertz CT molecular complexity index is 931. The Morgan fingerprint density at radius 3 is 1.77 bits per heavy atom. The van der Waals surface area contributed by atoms with Gasteiger partial charge in [-0.1, -0.05) is 49.6 Å². The minimum Gasteiger partial charge on any atom is -0.406 e. The van der Waals surface area contributed by atoms with Crippen LogP contribution < -0.4 is 4.74 Å². The highest BCUT2D eigenvalue weighted by Gasteiger charge is 2.32. The van der Waals surface area contributed by atoms with Crippen LogP contribution in [0, 0.1) is 0 Å². The molecule has 0 heterocycles. The minimum absolute atomic E-state index is 0.199. The number of rotatable bonds is 5. The van der Waals surface area contributed by atoms with Gasteiger partial charge in [-0.25, -0.2) is 0 Å². The summed E-state index contributed by atoms with van der Waals surface area (Å²) in [5.41, 5.74) is 1.39. The van der Waals surface area contributed by atoms with E-state index in [9.17, 15) is 13.2 Å². The van der Waals surface area contributed by atoms with Crippen molar-refractivity contribution in [3.05, 3.63) is 84.4 Å². The molecule has 156 valence electrons. The maximum atomic E-state index is 12.5. The predicted octanol–water partition coefficient (Wildman–Crippen LogP) is 7.73. The van der Waals surface area contributed by atoms with Gasteiger partial charge in [0.05, 0.1) is 10.9 Å². The van der Waals surface area contributed by atoms with E-state index in [0.717, 1.165) is 14.7 Å². The quantitative estimate of drug-likeness (QED) is 0.377. The third-order valence-corrected chi connectivity index (χ3v) is 7.70. The Labute approximate surface area is 178 Å². The van der Waals surface area contributed by atoms with Crippen molar-refractivity contribution in [2.24, 2.45) is 0 Å². The molecule has 1 unspecified atom stereocenters. The molecule has 0 aromatic heterocycles. The molecule has 0 saturated heterocycles. The van der Waals surface area contributed by atoms with Crippen molar-refractivity contribution in [2.45, 2.75) is 59.1 Å². The number of hydrogen-bond acceptors (Lipinski definition) is 1. The van der Waals surface area contributed by atoms with Gasteiger partial charge in [-0.05, 0) is 72.9 Å². The normalized spacial score (nSPS) is 16.2. The van der Waals surface area contributed by atoms with Crippen LogP contribution in [-0.2, 0) is 10.9 Å². The first kappa shape index (κ1) is 20.9. The molecule has 4 rings (SSSR count). The van der Waals surface area contributed by atoms with Gasteiger partial charge in [-0.3, -0.25) is 0 Å². The molecule has 1 fully saturated rings. The van der Waals surface area contributed by atoms with Crippen LogP contribution in [0.15, 0.2) is 93.5 Å². The van der Waals surface area contributed by atoms with Crippen LogP contribution in [0.5, 0.6) is 5.75 Å². The van der Waals surface area contributed by atoms with Gasteiger partial charge in [0, 0.05) is 0 Å². The zero-order valence-corrected chi connectivity index (χ0v) is 17.4. The lowest BCUT2D eigenvalue weighted by Crippen LogP contribution is -2.17. The van der Waals surface area contributed by atoms with Gasteiger partial charge < -0.3 is 4.74 Å². The summed E-state index contributed by atoms with van der Waals surface area (Å²) in [5, 5.41) is 0. The highest BCUT2D eigenvalue weighted by Crippen LogP contribution is 2.36. The van der Waals surface area contributed by atoms with Gasteiger partial charge in [-0.15, -0.1) is 13.2 Å². The average molecular weight is 430 g/mol. The number of ether oxygens (including phenoxy) is 1. The Morgan fingerprint density at radius 2 is 1.20 bits per heavy atom. The van der Waals surface area contributed by atoms with E-state index in [1.165, 1.54) is 49.8 Å². The van der Waals surface area contributed by atoms with Gasteiger partial charge in [0.2, 0.25) is 0 Å². The fourth-order valence-corrected chi connectivity index (χ4v) is 6.12. The predicted molar refractivity (Wildman–Crippen MR) is 114 cm³/mol. The topological polar surface area (TPSA) is 9.23 Å². The van der Waals surface area contributed by atoms with E-state index >= 15 is 0 Å². The molecule has 1 nitrogen and oxygen atoms in total. The maximum Gasteiger partial charge on any atom is 0.573 e. The molecule has 5 heteroatoms. The van der Waals surface area contributed by atoms with Crippen LogP contribution in [0.3, 0.4) is 0 Å². The van der Waals surface area contributed by atoms with Crippen LogP contribution in [0.1, 0.15) is 43.6 Å². The van der Waals surface area contributed by atoms with Crippen molar-refractivity contribution < 1.29 is 17.9 Å². The molecule has 0 aliphatic heterocycles. The first-order chi connectivity index (χ1) is 14.5. The van der Waals surface area contributed by atoms with Crippen molar-refractivity contribution in [3.63, 3.8) is 0 Å². The monoisotopic (exact) mass is 429 g/mol. The number of hydrogen-bond donors (Lipinski definition) is 0. The summed E-state index contributed by atoms with van der Waals surface area (Å²) in [6.45, 7) is 0. The minimum atomic E-state index is -4.68. The fraction of sp³-hybridized carbons (Fsp3) is 0.280. The molecule has 1 saturated carbocycles. The first-order valence-corrected chi connectivity index (χ1v) is 11.5. The fourth-order valence-electron chi connectivity index (χ4n) is 4.05. The molecular weight excluding hydrogens is 405 g/mol. The largest absolute Gasteiger partial charge is 0.573 e. The average Bonchev–Trinajstić information content (AvgIpc) is 2.76.